The minimum absolute atomic E-state index is 0.302. The maximum absolute atomic E-state index is 11.7. The number of amides is 1. The molecule has 0 aromatic heterocycles. The van der Waals surface area contributed by atoms with Gasteiger partial charge in [-0.2, -0.15) is 0 Å². The summed E-state index contributed by atoms with van der Waals surface area (Å²) in [6.45, 7) is 8.10. The fourth-order valence-corrected chi connectivity index (χ4v) is 1.78. The van der Waals surface area contributed by atoms with Crippen LogP contribution in [0.5, 0.6) is 0 Å². The molecule has 0 saturated carbocycles. The van der Waals surface area contributed by atoms with Gasteiger partial charge in [-0.15, -0.1) is 0 Å². The summed E-state index contributed by atoms with van der Waals surface area (Å²) in [6, 6.07) is 5.26. The number of benzene rings is 1. The molecule has 0 spiro atoms. The maximum atomic E-state index is 11.7. The van der Waals surface area contributed by atoms with E-state index in [0.29, 0.717) is 10.2 Å². The number of aliphatic hydroxyl groups is 1. The van der Waals surface area contributed by atoms with Crippen molar-refractivity contribution < 1.29 is 9.90 Å². The van der Waals surface area contributed by atoms with Crippen LogP contribution in [0, 0.1) is 6.57 Å². The summed E-state index contributed by atoms with van der Waals surface area (Å²) in [4.78, 5) is 14.6. The smallest absolute Gasteiger partial charge is 0.286 e. The quantitative estimate of drug-likeness (QED) is 0.478. The fourth-order valence-electron chi connectivity index (χ4n) is 1.07. The molecule has 6 heteroatoms. The van der Waals surface area contributed by atoms with E-state index in [0.717, 1.165) is 4.47 Å². The zero-order valence-electron chi connectivity index (χ0n) is 8.79. The SMILES string of the molecule is [C-]#[N+]/C(C(=O)Nc1cc(Br)ccc1Br)=C(\C)O. The van der Waals surface area contributed by atoms with Crippen LogP contribution in [0.25, 0.3) is 4.85 Å². The van der Waals surface area contributed by atoms with Crippen molar-refractivity contribution >= 4 is 43.5 Å². The van der Waals surface area contributed by atoms with E-state index in [1.165, 1.54) is 6.92 Å². The molecule has 1 rings (SSSR count). The first-order chi connectivity index (χ1) is 7.95. The standard InChI is InChI=1S/C11H8Br2N2O2/c1-6(16)10(14-2)11(17)15-9-5-7(12)3-4-8(9)13/h3-5,16H,1H3,(H,15,17)/b10-6+. The van der Waals surface area contributed by atoms with Gasteiger partial charge in [0.05, 0.1) is 12.3 Å². The number of carbonyl (C=O) groups excluding carboxylic acids is 1. The first-order valence-corrected chi connectivity index (χ1v) is 6.08. The predicted octanol–water partition coefficient (Wildman–Crippen LogP) is 3.86. The molecule has 1 aromatic rings. The molecule has 0 fully saturated rings. The number of anilines is 1. The first-order valence-electron chi connectivity index (χ1n) is 4.49. The lowest BCUT2D eigenvalue weighted by Crippen LogP contribution is -2.14. The van der Waals surface area contributed by atoms with Gasteiger partial charge in [-0.1, -0.05) is 15.9 Å². The van der Waals surface area contributed by atoms with Crippen molar-refractivity contribution in [2.45, 2.75) is 6.92 Å². The topological polar surface area (TPSA) is 53.7 Å². The molecular weight excluding hydrogens is 352 g/mol. The number of hydrogen-bond acceptors (Lipinski definition) is 2. The third-order valence-corrected chi connectivity index (χ3v) is 3.03. The molecule has 1 aromatic carbocycles. The van der Waals surface area contributed by atoms with Gasteiger partial charge >= 0.3 is 0 Å². The summed E-state index contributed by atoms with van der Waals surface area (Å²) in [5.41, 5.74) is 0.198. The van der Waals surface area contributed by atoms with Gasteiger partial charge in [0.1, 0.15) is 5.76 Å². The Bertz CT molecular complexity index is 529. The van der Waals surface area contributed by atoms with E-state index in [1.54, 1.807) is 12.1 Å². The van der Waals surface area contributed by atoms with Crippen molar-refractivity contribution in [2.24, 2.45) is 0 Å². The van der Waals surface area contributed by atoms with Crippen LogP contribution < -0.4 is 5.32 Å². The van der Waals surface area contributed by atoms with Crippen LogP contribution in [0.4, 0.5) is 5.69 Å². The highest BCUT2D eigenvalue weighted by Gasteiger charge is 2.14. The van der Waals surface area contributed by atoms with Crippen molar-refractivity contribution in [3.8, 4) is 0 Å². The zero-order valence-corrected chi connectivity index (χ0v) is 12.0. The molecular formula is C11H8Br2N2O2. The average Bonchev–Trinajstić information content (AvgIpc) is 2.24. The van der Waals surface area contributed by atoms with E-state index in [1.807, 2.05) is 6.07 Å². The molecule has 88 valence electrons. The van der Waals surface area contributed by atoms with Crippen molar-refractivity contribution in [1.82, 2.24) is 0 Å². The number of carbonyl (C=O) groups is 1. The first kappa shape index (κ1) is 13.7. The van der Waals surface area contributed by atoms with E-state index in [9.17, 15) is 4.79 Å². The van der Waals surface area contributed by atoms with Gasteiger partial charge < -0.3 is 10.4 Å². The predicted molar refractivity (Wildman–Crippen MR) is 72.4 cm³/mol. The van der Waals surface area contributed by atoms with Gasteiger partial charge in [-0.25, -0.2) is 4.85 Å². The van der Waals surface area contributed by atoms with Gasteiger partial charge in [0, 0.05) is 8.95 Å². The van der Waals surface area contributed by atoms with Gasteiger partial charge in [-0.3, -0.25) is 4.79 Å². The van der Waals surface area contributed by atoms with Crippen molar-refractivity contribution in [3.63, 3.8) is 0 Å². The second-order valence-corrected chi connectivity index (χ2v) is 4.89. The summed E-state index contributed by atoms with van der Waals surface area (Å²) < 4.78 is 1.49. The third kappa shape index (κ3) is 3.58. The molecule has 17 heavy (non-hydrogen) atoms. The number of nitrogens with one attached hydrogen (secondary N) is 1. The summed E-state index contributed by atoms with van der Waals surface area (Å²) in [5, 5.41) is 11.7. The Labute approximate surface area is 115 Å². The third-order valence-electron chi connectivity index (χ3n) is 1.85. The number of hydrogen-bond donors (Lipinski definition) is 2. The molecule has 0 atom stereocenters. The summed E-state index contributed by atoms with van der Waals surface area (Å²) in [5.74, 6) is -0.942. The minimum Gasteiger partial charge on any atom is -0.523 e. The Morgan fingerprint density at radius 2 is 2.12 bits per heavy atom. The van der Waals surface area contributed by atoms with E-state index in [2.05, 4.69) is 42.0 Å². The number of nitrogens with zero attached hydrogens (tertiary/aromatic N) is 1. The summed E-state index contributed by atoms with van der Waals surface area (Å²) in [6.07, 6.45) is 0. The van der Waals surface area contributed by atoms with Crippen LogP contribution in [-0.4, -0.2) is 11.0 Å². The van der Waals surface area contributed by atoms with Gasteiger partial charge in [0.25, 0.3) is 11.6 Å². The monoisotopic (exact) mass is 358 g/mol. The fraction of sp³-hybridized carbons (Fsp3) is 0.0909. The number of halogens is 2. The highest BCUT2D eigenvalue weighted by Crippen LogP contribution is 2.26. The van der Waals surface area contributed by atoms with Crippen molar-refractivity contribution in [1.29, 1.82) is 0 Å². The molecule has 0 unspecified atom stereocenters. The lowest BCUT2D eigenvalue weighted by atomic mass is 10.3. The van der Waals surface area contributed by atoms with Gasteiger partial charge in [0.2, 0.25) is 0 Å². The van der Waals surface area contributed by atoms with E-state index >= 15 is 0 Å². The largest absolute Gasteiger partial charge is 0.523 e. The average molecular weight is 360 g/mol. The molecule has 0 aliphatic rings. The molecule has 0 aliphatic heterocycles. The van der Waals surface area contributed by atoms with Gasteiger partial charge in [0.15, 0.2) is 0 Å². The molecule has 0 bridgehead atoms. The van der Waals surface area contributed by atoms with Crippen LogP contribution in [0.2, 0.25) is 0 Å². The van der Waals surface area contributed by atoms with Crippen LogP contribution >= 0.6 is 31.9 Å². The minimum atomic E-state index is -0.640. The molecule has 0 saturated heterocycles. The molecule has 0 radical (unpaired) electrons. The molecule has 0 heterocycles. The maximum Gasteiger partial charge on any atom is 0.286 e. The Hall–Kier alpha value is -1.32. The van der Waals surface area contributed by atoms with E-state index in [-0.39, 0.29) is 11.5 Å². The van der Waals surface area contributed by atoms with Gasteiger partial charge in [-0.05, 0) is 41.1 Å². The normalized spacial score (nSPS) is 11.4. The Kier molecular flexibility index (Phi) is 4.73. The van der Waals surface area contributed by atoms with Crippen LogP contribution in [0.1, 0.15) is 6.92 Å². The van der Waals surface area contributed by atoms with Crippen molar-refractivity contribution in [3.05, 3.63) is 50.0 Å². The Morgan fingerprint density at radius 3 is 2.65 bits per heavy atom. The Balaban J connectivity index is 3.01. The lowest BCUT2D eigenvalue weighted by Gasteiger charge is -2.07. The highest BCUT2D eigenvalue weighted by molar-refractivity contribution is 9.11. The van der Waals surface area contributed by atoms with Crippen LogP contribution in [0.15, 0.2) is 38.6 Å². The summed E-state index contributed by atoms with van der Waals surface area (Å²) in [7, 11) is 0. The lowest BCUT2D eigenvalue weighted by molar-refractivity contribution is -0.112. The van der Waals surface area contributed by atoms with Crippen LogP contribution in [0.3, 0.4) is 0 Å². The second-order valence-electron chi connectivity index (χ2n) is 3.12. The highest BCUT2D eigenvalue weighted by atomic mass is 79.9. The van der Waals surface area contributed by atoms with E-state index < -0.39 is 5.91 Å². The Morgan fingerprint density at radius 1 is 1.47 bits per heavy atom. The van der Waals surface area contributed by atoms with E-state index in [4.69, 9.17) is 11.7 Å². The van der Waals surface area contributed by atoms with Crippen LogP contribution in [-0.2, 0) is 4.79 Å². The molecule has 2 N–H and O–H groups in total. The second kappa shape index (κ2) is 5.84. The molecule has 0 aliphatic carbocycles. The number of aliphatic hydroxyl groups excluding tert-OH is 1. The molecule has 1 amide bonds. The molecule has 4 nitrogen and oxygen atoms in total. The zero-order chi connectivity index (χ0) is 13.0. The number of allylic oxidation sites excluding steroid dienone is 1. The number of rotatable bonds is 2. The summed E-state index contributed by atoms with van der Waals surface area (Å²) >= 11 is 6.55. The van der Waals surface area contributed by atoms with Crippen molar-refractivity contribution in [2.75, 3.05) is 5.32 Å².